The van der Waals surface area contributed by atoms with Crippen molar-refractivity contribution in [1.82, 2.24) is 24.6 Å². The van der Waals surface area contributed by atoms with Crippen molar-refractivity contribution >= 4 is 16.7 Å². The van der Waals surface area contributed by atoms with E-state index in [4.69, 9.17) is 9.72 Å². The molecule has 0 aromatic carbocycles. The standard InChI is InChI=1S/C24H34N6O2/c1-7-17-14-30(20-10-22(31)28(5)21-12-26-27-24(20)21)18(8-2)13-29(17)16(4)23-15(3)9-19(32-6)11-25-23/h9-12,16-18H,7-8,13-14H2,1-6H3,(H,26,27)/t16?,17-,18+/m1/s1. The highest BCUT2D eigenvalue weighted by atomic mass is 16.5. The van der Waals surface area contributed by atoms with Crippen LogP contribution >= 0.6 is 0 Å². The SMILES string of the molecule is CC[C@H]1CN(C(C)c2ncc(OC)cc2C)[C@H](CC)CN1c1cc(=O)n(C)c2cn[nH]c12. The number of ether oxygens (including phenoxy) is 1. The van der Waals surface area contributed by atoms with Crippen LogP contribution in [-0.4, -0.2) is 56.9 Å². The van der Waals surface area contributed by atoms with Crippen molar-refractivity contribution in [3.63, 3.8) is 0 Å². The molecule has 1 aliphatic rings. The molecule has 172 valence electrons. The summed E-state index contributed by atoms with van der Waals surface area (Å²) in [5.41, 5.74) is 4.95. The number of methoxy groups -OCH3 is 1. The van der Waals surface area contributed by atoms with Crippen LogP contribution in [0.2, 0.25) is 0 Å². The van der Waals surface area contributed by atoms with E-state index in [1.54, 1.807) is 31.0 Å². The Kier molecular flexibility index (Phi) is 6.24. The predicted octanol–water partition coefficient (Wildman–Crippen LogP) is 3.41. The van der Waals surface area contributed by atoms with Gasteiger partial charge in [-0.05, 0) is 38.3 Å². The van der Waals surface area contributed by atoms with E-state index < -0.39 is 0 Å². The lowest BCUT2D eigenvalue weighted by Gasteiger charge is -2.49. The van der Waals surface area contributed by atoms with E-state index in [1.807, 2.05) is 6.20 Å². The summed E-state index contributed by atoms with van der Waals surface area (Å²) in [6, 6.07) is 4.64. The highest BCUT2D eigenvalue weighted by Gasteiger charge is 2.36. The van der Waals surface area contributed by atoms with E-state index in [1.165, 1.54) is 0 Å². The zero-order valence-corrected chi connectivity index (χ0v) is 19.9. The van der Waals surface area contributed by atoms with E-state index in [-0.39, 0.29) is 17.6 Å². The molecule has 32 heavy (non-hydrogen) atoms. The highest BCUT2D eigenvalue weighted by molar-refractivity contribution is 5.88. The summed E-state index contributed by atoms with van der Waals surface area (Å²) < 4.78 is 6.99. The molecule has 3 aromatic heterocycles. The molecule has 1 saturated heterocycles. The second kappa shape index (κ2) is 8.94. The Morgan fingerprint density at radius 2 is 1.94 bits per heavy atom. The number of pyridine rings is 2. The van der Waals surface area contributed by atoms with Crippen molar-refractivity contribution in [3.8, 4) is 5.75 Å². The van der Waals surface area contributed by atoms with Gasteiger partial charge in [0.05, 0.1) is 36.4 Å². The Labute approximate surface area is 189 Å². The number of aryl methyl sites for hydroxylation is 2. The molecule has 3 atom stereocenters. The minimum absolute atomic E-state index is 0.00865. The number of aromatic amines is 1. The number of anilines is 1. The Morgan fingerprint density at radius 1 is 1.19 bits per heavy atom. The van der Waals surface area contributed by atoms with Gasteiger partial charge < -0.3 is 14.2 Å². The van der Waals surface area contributed by atoms with Crippen molar-refractivity contribution in [1.29, 1.82) is 0 Å². The van der Waals surface area contributed by atoms with Crippen LogP contribution in [0.15, 0.2) is 29.3 Å². The summed E-state index contributed by atoms with van der Waals surface area (Å²) in [6.45, 7) is 10.6. The second-order valence-corrected chi connectivity index (χ2v) is 8.78. The number of nitrogens with zero attached hydrogens (tertiary/aromatic N) is 5. The third kappa shape index (κ3) is 3.77. The first-order chi connectivity index (χ1) is 15.4. The molecule has 1 aliphatic heterocycles. The maximum absolute atomic E-state index is 12.7. The lowest BCUT2D eigenvalue weighted by atomic mass is 9.97. The summed E-state index contributed by atoms with van der Waals surface area (Å²) in [7, 11) is 3.46. The molecule has 1 N–H and O–H groups in total. The smallest absolute Gasteiger partial charge is 0.252 e. The number of hydrogen-bond acceptors (Lipinski definition) is 6. The molecular formula is C24H34N6O2. The van der Waals surface area contributed by atoms with Gasteiger partial charge in [0, 0.05) is 44.3 Å². The van der Waals surface area contributed by atoms with Gasteiger partial charge in [-0.3, -0.25) is 19.8 Å². The first-order valence-corrected chi connectivity index (χ1v) is 11.5. The van der Waals surface area contributed by atoms with Gasteiger partial charge in [0.15, 0.2) is 0 Å². The van der Waals surface area contributed by atoms with E-state index in [9.17, 15) is 4.79 Å². The van der Waals surface area contributed by atoms with E-state index in [2.05, 4.69) is 53.8 Å². The van der Waals surface area contributed by atoms with Crippen LogP contribution < -0.4 is 15.2 Å². The summed E-state index contributed by atoms with van der Waals surface area (Å²) in [5, 5.41) is 7.34. The third-order valence-electron chi connectivity index (χ3n) is 7.04. The molecule has 4 rings (SSSR count). The van der Waals surface area contributed by atoms with Crippen LogP contribution in [0.1, 0.15) is 50.9 Å². The van der Waals surface area contributed by atoms with Crippen LogP contribution in [0.5, 0.6) is 5.75 Å². The van der Waals surface area contributed by atoms with Crippen LogP contribution in [0.3, 0.4) is 0 Å². The summed E-state index contributed by atoms with van der Waals surface area (Å²) in [5.74, 6) is 0.788. The molecular weight excluding hydrogens is 404 g/mol. The molecule has 3 aromatic rings. The number of aromatic nitrogens is 4. The molecule has 0 radical (unpaired) electrons. The quantitative estimate of drug-likeness (QED) is 0.635. The van der Waals surface area contributed by atoms with Gasteiger partial charge >= 0.3 is 0 Å². The fraction of sp³-hybridized carbons (Fsp3) is 0.542. The van der Waals surface area contributed by atoms with Crippen molar-refractivity contribution < 1.29 is 4.74 Å². The largest absolute Gasteiger partial charge is 0.495 e. The molecule has 0 saturated carbocycles. The zero-order valence-electron chi connectivity index (χ0n) is 19.9. The summed E-state index contributed by atoms with van der Waals surface area (Å²) >= 11 is 0. The third-order valence-corrected chi connectivity index (χ3v) is 7.04. The predicted molar refractivity (Wildman–Crippen MR) is 127 cm³/mol. The normalized spacial score (nSPS) is 20.6. The Morgan fingerprint density at radius 3 is 2.59 bits per heavy atom. The number of rotatable bonds is 6. The Bertz CT molecular complexity index is 1150. The van der Waals surface area contributed by atoms with Crippen LogP contribution in [-0.2, 0) is 7.05 Å². The Hall–Kier alpha value is -2.87. The van der Waals surface area contributed by atoms with Gasteiger partial charge in [-0.2, -0.15) is 5.10 Å². The minimum atomic E-state index is -0.00865. The highest BCUT2D eigenvalue weighted by Crippen LogP contribution is 2.34. The first kappa shape index (κ1) is 22.3. The van der Waals surface area contributed by atoms with E-state index in [0.29, 0.717) is 6.04 Å². The summed E-state index contributed by atoms with van der Waals surface area (Å²) in [4.78, 5) is 22.4. The van der Waals surface area contributed by atoms with E-state index in [0.717, 1.165) is 59.7 Å². The second-order valence-electron chi connectivity index (χ2n) is 8.78. The van der Waals surface area contributed by atoms with Gasteiger partial charge in [0.1, 0.15) is 11.3 Å². The fourth-order valence-corrected chi connectivity index (χ4v) is 5.07. The molecule has 8 heteroatoms. The molecule has 0 amide bonds. The fourth-order valence-electron chi connectivity index (χ4n) is 5.07. The zero-order chi connectivity index (χ0) is 23.0. The van der Waals surface area contributed by atoms with Crippen LogP contribution in [0.25, 0.3) is 11.0 Å². The lowest BCUT2D eigenvalue weighted by molar-refractivity contribution is 0.0987. The Balaban J connectivity index is 1.69. The van der Waals surface area contributed by atoms with Crippen molar-refractivity contribution in [3.05, 3.63) is 46.1 Å². The van der Waals surface area contributed by atoms with Gasteiger partial charge in [0.2, 0.25) is 0 Å². The maximum Gasteiger partial charge on any atom is 0.252 e. The summed E-state index contributed by atoms with van der Waals surface area (Å²) in [6.07, 6.45) is 5.54. The average Bonchev–Trinajstić information content (AvgIpc) is 3.30. The molecule has 1 fully saturated rings. The van der Waals surface area contributed by atoms with Crippen molar-refractivity contribution in [2.75, 3.05) is 25.1 Å². The number of hydrogen-bond donors (Lipinski definition) is 1. The van der Waals surface area contributed by atoms with E-state index >= 15 is 0 Å². The topological polar surface area (TPSA) is 79.3 Å². The van der Waals surface area contributed by atoms with Gasteiger partial charge in [-0.25, -0.2) is 0 Å². The molecule has 1 unspecified atom stereocenters. The van der Waals surface area contributed by atoms with Crippen LogP contribution in [0, 0.1) is 6.92 Å². The molecule has 4 heterocycles. The van der Waals surface area contributed by atoms with Crippen molar-refractivity contribution in [2.45, 2.75) is 58.7 Å². The van der Waals surface area contributed by atoms with Gasteiger partial charge in [-0.1, -0.05) is 13.8 Å². The minimum Gasteiger partial charge on any atom is -0.495 e. The molecule has 0 aliphatic carbocycles. The van der Waals surface area contributed by atoms with Crippen molar-refractivity contribution in [2.24, 2.45) is 7.05 Å². The van der Waals surface area contributed by atoms with Gasteiger partial charge in [0.25, 0.3) is 5.56 Å². The number of H-pyrrole nitrogens is 1. The number of nitrogens with one attached hydrogen (secondary N) is 1. The molecule has 0 spiro atoms. The average molecular weight is 439 g/mol. The molecule has 0 bridgehead atoms. The lowest BCUT2D eigenvalue weighted by Crippen LogP contribution is -2.59. The van der Waals surface area contributed by atoms with Gasteiger partial charge in [-0.15, -0.1) is 0 Å². The monoisotopic (exact) mass is 438 g/mol. The first-order valence-electron chi connectivity index (χ1n) is 11.5. The molecule has 8 nitrogen and oxygen atoms in total. The number of fused-ring (bicyclic) bond motifs is 1. The maximum atomic E-state index is 12.7. The number of piperazine rings is 1. The van der Waals surface area contributed by atoms with Crippen LogP contribution in [0.4, 0.5) is 5.69 Å².